The number of nitrogens with two attached hydrogens (primary N) is 1. The molecule has 0 aromatic carbocycles. The number of amides is 1. The van der Waals surface area contributed by atoms with Gasteiger partial charge in [0.2, 0.25) is 0 Å². The fourth-order valence-electron chi connectivity index (χ4n) is 4.33. The van der Waals surface area contributed by atoms with Gasteiger partial charge in [-0.2, -0.15) is 5.10 Å². The zero-order chi connectivity index (χ0) is 15.1. The van der Waals surface area contributed by atoms with E-state index < -0.39 is 0 Å². The lowest BCUT2D eigenvalue weighted by molar-refractivity contribution is 0.0744. The molecule has 5 nitrogen and oxygen atoms in total. The average molecular weight is 290 g/mol. The van der Waals surface area contributed by atoms with E-state index in [9.17, 15) is 4.79 Å². The molecule has 5 heteroatoms. The maximum Gasteiger partial charge on any atom is 0.274 e. The van der Waals surface area contributed by atoms with Crippen LogP contribution in [0.3, 0.4) is 0 Å². The second kappa shape index (κ2) is 5.35. The second-order valence-corrected chi connectivity index (χ2v) is 6.81. The summed E-state index contributed by atoms with van der Waals surface area (Å²) in [7, 11) is 3.69. The third-order valence-electron chi connectivity index (χ3n) is 5.44. The molecule has 1 heterocycles. The lowest BCUT2D eigenvalue weighted by atomic mass is 9.88. The highest BCUT2D eigenvalue weighted by atomic mass is 16.2. The number of nitrogen functional groups attached to an aromatic ring is 1. The molecule has 0 saturated heterocycles. The molecule has 2 fully saturated rings. The van der Waals surface area contributed by atoms with Crippen molar-refractivity contribution in [3.05, 3.63) is 11.4 Å². The van der Waals surface area contributed by atoms with Crippen LogP contribution < -0.4 is 5.73 Å². The van der Waals surface area contributed by atoms with Crippen molar-refractivity contribution in [2.24, 2.45) is 24.8 Å². The van der Waals surface area contributed by atoms with E-state index in [1.807, 2.05) is 18.9 Å². The van der Waals surface area contributed by atoms with Gasteiger partial charge in [0.15, 0.2) is 0 Å². The van der Waals surface area contributed by atoms with Crippen LogP contribution in [0, 0.1) is 17.8 Å². The molecule has 2 N–H and O–H groups in total. The first-order valence-corrected chi connectivity index (χ1v) is 8.08. The maximum absolute atomic E-state index is 12.7. The first kappa shape index (κ1) is 14.4. The minimum Gasteiger partial charge on any atom is -0.395 e. The number of rotatable bonds is 4. The Morgan fingerprint density at radius 2 is 2.19 bits per heavy atom. The number of carbonyl (C=O) groups is 1. The molecule has 0 aliphatic heterocycles. The molecule has 2 aliphatic carbocycles. The highest BCUT2D eigenvalue weighted by Gasteiger charge is 2.40. The Hall–Kier alpha value is -1.52. The van der Waals surface area contributed by atoms with Gasteiger partial charge in [0, 0.05) is 20.6 Å². The predicted octanol–water partition coefficient (Wildman–Crippen LogP) is 2.07. The van der Waals surface area contributed by atoms with Crippen molar-refractivity contribution in [3.63, 3.8) is 0 Å². The van der Waals surface area contributed by atoms with Crippen molar-refractivity contribution in [1.29, 1.82) is 0 Å². The topological polar surface area (TPSA) is 64.2 Å². The van der Waals surface area contributed by atoms with Gasteiger partial charge < -0.3 is 10.6 Å². The Morgan fingerprint density at radius 3 is 2.71 bits per heavy atom. The van der Waals surface area contributed by atoms with Crippen LogP contribution in [0.2, 0.25) is 0 Å². The fourth-order valence-corrected chi connectivity index (χ4v) is 4.33. The van der Waals surface area contributed by atoms with Gasteiger partial charge in [0.05, 0.1) is 11.4 Å². The SMILES string of the molecule is CCc1nn(C)c(C(=O)N(C)CC2CC3CCC2C3)c1N. The van der Waals surface area contributed by atoms with Gasteiger partial charge >= 0.3 is 0 Å². The summed E-state index contributed by atoms with van der Waals surface area (Å²) in [5.41, 5.74) is 7.99. The van der Waals surface area contributed by atoms with Crippen molar-refractivity contribution in [1.82, 2.24) is 14.7 Å². The molecule has 2 aliphatic rings. The van der Waals surface area contributed by atoms with Gasteiger partial charge in [-0.25, -0.2) is 0 Å². The number of hydrogen-bond acceptors (Lipinski definition) is 3. The van der Waals surface area contributed by atoms with Crippen molar-refractivity contribution in [3.8, 4) is 0 Å². The second-order valence-electron chi connectivity index (χ2n) is 6.81. The van der Waals surface area contributed by atoms with E-state index in [1.54, 1.807) is 11.7 Å². The zero-order valence-corrected chi connectivity index (χ0v) is 13.3. The number of anilines is 1. The van der Waals surface area contributed by atoms with E-state index in [2.05, 4.69) is 5.10 Å². The number of nitrogens with zero attached hydrogens (tertiary/aromatic N) is 3. The summed E-state index contributed by atoms with van der Waals surface area (Å²) >= 11 is 0. The van der Waals surface area contributed by atoms with Crippen LogP contribution in [0.5, 0.6) is 0 Å². The molecule has 21 heavy (non-hydrogen) atoms. The molecule has 0 spiro atoms. The van der Waals surface area contributed by atoms with E-state index in [1.165, 1.54) is 25.7 Å². The zero-order valence-electron chi connectivity index (χ0n) is 13.3. The molecule has 2 bridgehead atoms. The van der Waals surface area contributed by atoms with Crippen molar-refractivity contribution >= 4 is 11.6 Å². The highest BCUT2D eigenvalue weighted by molar-refractivity contribution is 5.97. The van der Waals surface area contributed by atoms with Crippen LogP contribution in [0.1, 0.15) is 48.8 Å². The minimum atomic E-state index is 0.00461. The van der Waals surface area contributed by atoms with Crippen LogP contribution in [0.25, 0.3) is 0 Å². The van der Waals surface area contributed by atoms with Gasteiger partial charge in [-0.15, -0.1) is 0 Å². The first-order chi connectivity index (χ1) is 10.0. The van der Waals surface area contributed by atoms with Crippen LogP contribution in [-0.4, -0.2) is 34.2 Å². The molecule has 2 saturated carbocycles. The van der Waals surface area contributed by atoms with Crippen molar-refractivity contribution in [2.75, 3.05) is 19.3 Å². The van der Waals surface area contributed by atoms with E-state index >= 15 is 0 Å². The molecular weight excluding hydrogens is 264 g/mol. The highest BCUT2D eigenvalue weighted by Crippen LogP contribution is 2.48. The van der Waals surface area contributed by atoms with Crippen LogP contribution in [0.15, 0.2) is 0 Å². The molecule has 3 unspecified atom stereocenters. The van der Waals surface area contributed by atoms with Gasteiger partial charge in [0.25, 0.3) is 5.91 Å². The van der Waals surface area contributed by atoms with Crippen molar-refractivity contribution in [2.45, 2.75) is 39.0 Å². The molecule has 0 radical (unpaired) electrons. The number of aromatic nitrogens is 2. The third-order valence-corrected chi connectivity index (χ3v) is 5.44. The minimum absolute atomic E-state index is 0.00461. The Labute approximate surface area is 126 Å². The normalized spacial score (nSPS) is 27.3. The molecule has 1 aromatic rings. The smallest absolute Gasteiger partial charge is 0.274 e. The number of hydrogen-bond donors (Lipinski definition) is 1. The number of carbonyl (C=O) groups excluding carboxylic acids is 1. The Balaban J connectivity index is 1.71. The van der Waals surface area contributed by atoms with Crippen LogP contribution in [-0.2, 0) is 13.5 Å². The fraction of sp³-hybridized carbons (Fsp3) is 0.750. The Bertz CT molecular complexity index is 551. The number of fused-ring (bicyclic) bond motifs is 2. The average Bonchev–Trinajstić information content (AvgIpc) is 3.13. The Morgan fingerprint density at radius 1 is 1.43 bits per heavy atom. The maximum atomic E-state index is 12.7. The van der Waals surface area contributed by atoms with Gasteiger partial charge in [0.1, 0.15) is 5.69 Å². The quantitative estimate of drug-likeness (QED) is 0.923. The summed E-state index contributed by atoms with van der Waals surface area (Å²) in [4.78, 5) is 14.5. The van der Waals surface area contributed by atoms with Crippen LogP contribution >= 0.6 is 0 Å². The molecule has 1 aromatic heterocycles. The summed E-state index contributed by atoms with van der Waals surface area (Å²) < 4.78 is 1.63. The third kappa shape index (κ3) is 2.43. The van der Waals surface area contributed by atoms with E-state index in [0.717, 1.165) is 30.5 Å². The summed E-state index contributed by atoms with van der Waals surface area (Å²) in [6.07, 6.45) is 6.17. The van der Waals surface area contributed by atoms with Crippen LogP contribution in [0.4, 0.5) is 5.69 Å². The van der Waals surface area contributed by atoms with Crippen molar-refractivity contribution < 1.29 is 4.79 Å². The van der Waals surface area contributed by atoms with Gasteiger partial charge in [-0.1, -0.05) is 13.3 Å². The standard InChI is InChI=1S/C16H26N4O/c1-4-13-14(17)15(20(3)18-13)16(21)19(2)9-12-8-10-5-6-11(12)7-10/h10-12H,4-9,17H2,1-3H3. The monoisotopic (exact) mass is 290 g/mol. The predicted molar refractivity (Wildman–Crippen MR) is 82.9 cm³/mol. The van der Waals surface area contributed by atoms with Gasteiger partial charge in [-0.05, 0) is 43.4 Å². The molecule has 3 atom stereocenters. The summed E-state index contributed by atoms with van der Waals surface area (Å²) in [5, 5.41) is 4.35. The number of aryl methyl sites for hydroxylation is 2. The largest absolute Gasteiger partial charge is 0.395 e. The Kier molecular flexibility index (Phi) is 3.68. The van der Waals surface area contributed by atoms with E-state index in [-0.39, 0.29) is 5.91 Å². The molecule has 116 valence electrons. The van der Waals surface area contributed by atoms with E-state index in [4.69, 9.17) is 5.73 Å². The summed E-state index contributed by atoms with van der Waals surface area (Å²) in [6.45, 7) is 2.86. The summed E-state index contributed by atoms with van der Waals surface area (Å²) in [6, 6.07) is 0. The molecule has 1 amide bonds. The lowest BCUT2D eigenvalue weighted by Gasteiger charge is -2.27. The summed E-state index contributed by atoms with van der Waals surface area (Å²) in [5.74, 6) is 2.43. The van der Waals surface area contributed by atoms with Gasteiger partial charge in [-0.3, -0.25) is 9.48 Å². The van der Waals surface area contributed by atoms with E-state index in [0.29, 0.717) is 17.3 Å². The molecule has 3 rings (SSSR count). The molecular formula is C16H26N4O. The first-order valence-electron chi connectivity index (χ1n) is 8.08. The lowest BCUT2D eigenvalue weighted by Crippen LogP contribution is -2.35.